The Balaban J connectivity index is 2.75. The second-order valence-electron chi connectivity index (χ2n) is 3.95. The predicted octanol–water partition coefficient (Wildman–Crippen LogP) is 1.27. The van der Waals surface area contributed by atoms with Crippen LogP contribution in [-0.4, -0.2) is 37.3 Å². The maximum atomic E-state index is 11.0. The first-order valence-corrected chi connectivity index (χ1v) is 5.97. The molecule has 1 aromatic carbocycles. The van der Waals surface area contributed by atoms with Gasteiger partial charge in [0.2, 0.25) is 5.91 Å². The van der Waals surface area contributed by atoms with Crippen LogP contribution in [0.15, 0.2) is 30.0 Å². The number of hydrogen-bond donors (Lipinski definition) is 2. The van der Waals surface area contributed by atoms with Crippen molar-refractivity contribution in [3.05, 3.63) is 35.5 Å². The fourth-order valence-corrected chi connectivity index (χ4v) is 1.41. The van der Waals surface area contributed by atoms with Crippen LogP contribution in [0.3, 0.4) is 0 Å². The van der Waals surface area contributed by atoms with Crippen molar-refractivity contribution < 1.29 is 24.2 Å². The molecule has 0 spiro atoms. The zero-order chi connectivity index (χ0) is 15.0. The van der Waals surface area contributed by atoms with E-state index in [9.17, 15) is 9.59 Å². The zero-order valence-corrected chi connectivity index (χ0v) is 11.4. The molecule has 0 aliphatic rings. The van der Waals surface area contributed by atoms with Crippen LogP contribution in [0, 0.1) is 0 Å². The second kappa shape index (κ2) is 7.96. The molecule has 0 unspecified atom stereocenters. The van der Waals surface area contributed by atoms with Gasteiger partial charge in [0, 0.05) is 14.0 Å². The normalized spacial score (nSPS) is 11.0. The molecule has 0 fully saturated rings. The van der Waals surface area contributed by atoms with Crippen LogP contribution in [0.2, 0.25) is 0 Å². The van der Waals surface area contributed by atoms with Crippen molar-refractivity contribution in [3.8, 4) is 5.75 Å². The maximum Gasteiger partial charge on any atom is 0.352 e. The first-order valence-electron chi connectivity index (χ1n) is 5.97. The summed E-state index contributed by atoms with van der Waals surface area (Å²) in [7, 11) is 1.59. The summed E-state index contributed by atoms with van der Waals surface area (Å²) >= 11 is 0. The number of carbonyl (C=O) groups excluding carboxylic acids is 1. The van der Waals surface area contributed by atoms with Crippen molar-refractivity contribution in [2.24, 2.45) is 0 Å². The van der Waals surface area contributed by atoms with Gasteiger partial charge in [0.1, 0.15) is 18.1 Å². The molecule has 1 aromatic rings. The molecular formula is C14H17NO5. The Bertz CT molecular complexity index is 493. The van der Waals surface area contributed by atoms with Gasteiger partial charge in [0.05, 0.1) is 6.61 Å². The van der Waals surface area contributed by atoms with E-state index in [4.69, 9.17) is 14.6 Å². The number of methoxy groups -OCH3 is 1. The van der Waals surface area contributed by atoms with E-state index in [-0.39, 0.29) is 5.70 Å². The van der Waals surface area contributed by atoms with Crippen LogP contribution in [0.1, 0.15) is 12.5 Å². The SMILES string of the molecule is COCCOc1ccc(/C=C(\NC(C)=O)C(=O)O)cc1. The lowest BCUT2D eigenvalue weighted by molar-refractivity contribution is -0.134. The minimum atomic E-state index is -1.19. The highest BCUT2D eigenvalue weighted by molar-refractivity contribution is 5.96. The molecule has 20 heavy (non-hydrogen) atoms. The number of ether oxygens (including phenoxy) is 2. The molecule has 0 bridgehead atoms. The molecule has 0 aromatic heterocycles. The average molecular weight is 279 g/mol. The summed E-state index contributed by atoms with van der Waals surface area (Å²) in [5.41, 5.74) is 0.473. The van der Waals surface area contributed by atoms with Gasteiger partial charge in [0.15, 0.2) is 0 Å². The lowest BCUT2D eigenvalue weighted by Gasteiger charge is -2.06. The van der Waals surface area contributed by atoms with Crippen molar-refractivity contribution in [3.63, 3.8) is 0 Å². The van der Waals surface area contributed by atoms with Gasteiger partial charge in [0.25, 0.3) is 0 Å². The molecule has 6 nitrogen and oxygen atoms in total. The molecule has 1 amide bonds. The first kappa shape index (κ1) is 15.7. The standard InChI is InChI=1S/C14H17NO5/c1-10(16)15-13(14(17)18)9-11-3-5-12(6-4-11)20-8-7-19-2/h3-6,9H,7-8H2,1-2H3,(H,15,16)(H,17,18)/b13-9-. The van der Waals surface area contributed by atoms with Crippen molar-refractivity contribution >= 4 is 18.0 Å². The molecule has 108 valence electrons. The van der Waals surface area contributed by atoms with E-state index in [1.165, 1.54) is 13.0 Å². The van der Waals surface area contributed by atoms with Crippen LogP contribution < -0.4 is 10.1 Å². The summed E-state index contributed by atoms with van der Waals surface area (Å²) in [4.78, 5) is 21.9. The van der Waals surface area contributed by atoms with Crippen molar-refractivity contribution in [2.75, 3.05) is 20.3 Å². The highest BCUT2D eigenvalue weighted by atomic mass is 16.5. The fourth-order valence-electron chi connectivity index (χ4n) is 1.41. The summed E-state index contributed by atoms with van der Waals surface area (Å²) in [6.07, 6.45) is 1.38. The van der Waals surface area contributed by atoms with Crippen LogP contribution >= 0.6 is 0 Å². The number of amides is 1. The number of rotatable bonds is 7. The van der Waals surface area contributed by atoms with E-state index in [0.717, 1.165) is 0 Å². The van der Waals surface area contributed by atoms with E-state index >= 15 is 0 Å². The average Bonchev–Trinajstić information content (AvgIpc) is 2.39. The molecule has 0 radical (unpaired) electrons. The molecule has 0 aliphatic carbocycles. The number of carboxylic acids is 1. The van der Waals surface area contributed by atoms with Gasteiger partial charge in [-0.3, -0.25) is 4.79 Å². The van der Waals surface area contributed by atoms with Gasteiger partial charge >= 0.3 is 5.97 Å². The summed E-state index contributed by atoms with van der Waals surface area (Å²) in [6.45, 7) is 2.19. The van der Waals surface area contributed by atoms with Crippen molar-refractivity contribution in [2.45, 2.75) is 6.92 Å². The third-order valence-electron chi connectivity index (χ3n) is 2.29. The lowest BCUT2D eigenvalue weighted by atomic mass is 10.2. The second-order valence-corrected chi connectivity index (χ2v) is 3.95. The van der Waals surface area contributed by atoms with E-state index in [0.29, 0.717) is 24.5 Å². The number of hydrogen-bond acceptors (Lipinski definition) is 4. The zero-order valence-electron chi connectivity index (χ0n) is 11.4. The third-order valence-corrected chi connectivity index (χ3v) is 2.29. The molecule has 0 aliphatic heterocycles. The van der Waals surface area contributed by atoms with Gasteiger partial charge in [-0.2, -0.15) is 0 Å². The van der Waals surface area contributed by atoms with Crippen LogP contribution in [0.4, 0.5) is 0 Å². The minimum Gasteiger partial charge on any atom is -0.491 e. The molecule has 0 saturated carbocycles. The Kier molecular flexibility index (Phi) is 6.25. The first-order chi connectivity index (χ1) is 9.52. The number of benzene rings is 1. The summed E-state index contributed by atoms with van der Waals surface area (Å²) in [5, 5.41) is 11.2. The highest BCUT2D eigenvalue weighted by Crippen LogP contribution is 2.14. The summed E-state index contributed by atoms with van der Waals surface area (Å²) in [6, 6.07) is 6.84. The molecule has 6 heteroatoms. The van der Waals surface area contributed by atoms with Gasteiger partial charge in [-0.1, -0.05) is 12.1 Å². The van der Waals surface area contributed by atoms with E-state index < -0.39 is 11.9 Å². The van der Waals surface area contributed by atoms with Crippen LogP contribution in [0.25, 0.3) is 6.08 Å². The minimum absolute atomic E-state index is 0.175. The largest absolute Gasteiger partial charge is 0.491 e. The molecule has 2 N–H and O–H groups in total. The Morgan fingerprint density at radius 3 is 2.40 bits per heavy atom. The summed E-state index contributed by atoms with van der Waals surface area (Å²) in [5.74, 6) is -0.964. The van der Waals surface area contributed by atoms with Crippen LogP contribution in [-0.2, 0) is 14.3 Å². The Morgan fingerprint density at radius 2 is 1.90 bits per heavy atom. The quantitative estimate of drug-likeness (QED) is 0.580. The lowest BCUT2D eigenvalue weighted by Crippen LogP contribution is -2.24. The Hall–Kier alpha value is -2.34. The van der Waals surface area contributed by atoms with Gasteiger partial charge < -0.3 is 19.9 Å². The van der Waals surface area contributed by atoms with Crippen molar-refractivity contribution in [1.82, 2.24) is 5.32 Å². The predicted molar refractivity (Wildman–Crippen MR) is 73.2 cm³/mol. The fraction of sp³-hybridized carbons (Fsp3) is 0.286. The number of aliphatic carboxylic acids is 1. The molecule has 0 atom stereocenters. The van der Waals surface area contributed by atoms with E-state index in [1.54, 1.807) is 31.4 Å². The smallest absolute Gasteiger partial charge is 0.352 e. The van der Waals surface area contributed by atoms with Gasteiger partial charge in [-0.05, 0) is 23.8 Å². The third kappa shape index (κ3) is 5.53. The topological polar surface area (TPSA) is 84.9 Å². The Labute approximate surface area is 117 Å². The highest BCUT2D eigenvalue weighted by Gasteiger charge is 2.08. The molecule has 1 rings (SSSR count). The monoisotopic (exact) mass is 279 g/mol. The van der Waals surface area contributed by atoms with E-state index in [2.05, 4.69) is 5.32 Å². The Morgan fingerprint density at radius 1 is 1.25 bits per heavy atom. The van der Waals surface area contributed by atoms with E-state index in [1.807, 2.05) is 0 Å². The summed E-state index contributed by atoms with van der Waals surface area (Å²) < 4.78 is 10.2. The number of carboxylic acid groups (broad SMARTS) is 1. The van der Waals surface area contributed by atoms with Crippen LogP contribution in [0.5, 0.6) is 5.75 Å². The molecule has 0 heterocycles. The molecule has 0 saturated heterocycles. The van der Waals surface area contributed by atoms with Gasteiger partial charge in [-0.15, -0.1) is 0 Å². The maximum absolute atomic E-state index is 11.0. The number of carbonyl (C=O) groups is 2. The molecular weight excluding hydrogens is 262 g/mol. The number of nitrogens with one attached hydrogen (secondary N) is 1. The van der Waals surface area contributed by atoms with Crippen molar-refractivity contribution in [1.29, 1.82) is 0 Å². The van der Waals surface area contributed by atoms with Gasteiger partial charge in [-0.25, -0.2) is 4.79 Å².